The van der Waals surface area contributed by atoms with Crippen LogP contribution in [0.25, 0.3) is 0 Å². The van der Waals surface area contributed by atoms with E-state index in [1.54, 1.807) is 11.3 Å². The lowest BCUT2D eigenvalue weighted by atomic mass is 10.2. The summed E-state index contributed by atoms with van der Waals surface area (Å²) >= 11 is 1.76. The molecule has 2 aromatic heterocycles. The largest absolute Gasteiger partial charge is 0.354 e. The van der Waals surface area contributed by atoms with Gasteiger partial charge in [0, 0.05) is 36.8 Å². The van der Waals surface area contributed by atoms with Gasteiger partial charge in [-0.05, 0) is 31.0 Å². The van der Waals surface area contributed by atoms with Gasteiger partial charge >= 0.3 is 0 Å². The third kappa shape index (κ3) is 4.48. The molecule has 104 valence electrons. The summed E-state index contributed by atoms with van der Waals surface area (Å²) in [7, 11) is 0. The predicted octanol–water partition coefficient (Wildman–Crippen LogP) is 3.24. The van der Waals surface area contributed by atoms with Gasteiger partial charge in [0.25, 0.3) is 0 Å². The first kappa shape index (κ1) is 14.3. The van der Waals surface area contributed by atoms with E-state index in [4.69, 9.17) is 0 Å². The van der Waals surface area contributed by atoms with Crippen LogP contribution in [0.1, 0.15) is 30.0 Å². The van der Waals surface area contributed by atoms with Crippen LogP contribution in [0.5, 0.6) is 0 Å². The third-order valence-corrected chi connectivity index (χ3v) is 4.13. The molecule has 0 radical (unpaired) electrons. The van der Waals surface area contributed by atoms with E-state index < -0.39 is 0 Å². The Morgan fingerprint density at radius 2 is 2.26 bits per heavy atom. The zero-order valence-electron chi connectivity index (χ0n) is 12.0. The van der Waals surface area contributed by atoms with Gasteiger partial charge in [-0.15, -0.1) is 11.3 Å². The second-order valence-corrected chi connectivity index (χ2v) is 6.33. The first-order chi connectivity index (χ1) is 9.15. The standard InChI is InChI=1S/C15H23N3S/c1-12(2)8-16-9-14-4-6-18(10-14)7-5-15-13(3)17-11-19-15/h4,6,10-12,16H,5,7-9H2,1-3H3. The number of aromatic nitrogens is 2. The second-order valence-electron chi connectivity index (χ2n) is 5.39. The Morgan fingerprint density at radius 1 is 1.42 bits per heavy atom. The van der Waals surface area contributed by atoms with Gasteiger partial charge in [0.15, 0.2) is 0 Å². The van der Waals surface area contributed by atoms with Crippen molar-refractivity contribution in [3.63, 3.8) is 0 Å². The van der Waals surface area contributed by atoms with E-state index in [1.165, 1.54) is 16.1 Å². The summed E-state index contributed by atoms with van der Waals surface area (Å²) in [4.78, 5) is 5.69. The van der Waals surface area contributed by atoms with Gasteiger partial charge < -0.3 is 9.88 Å². The van der Waals surface area contributed by atoms with Gasteiger partial charge in [-0.25, -0.2) is 4.98 Å². The maximum absolute atomic E-state index is 4.29. The van der Waals surface area contributed by atoms with Crippen molar-refractivity contribution in [1.29, 1.82) is 0 Å². The molecule has 0 bridgehead atoms. The van der Waals surface area contributed by atoms with Gasteiger partial charge in [0.1, 0.15) is 0 Å². The summed E-state index contributed by atoms with van der Waals surface area (Å²) < 4.78 is 2.27. The molecule has 0 aliphatic carbocycles. The lowest BCUT2D eigenvalue weighted by Crippen LogP contribution is -2.18. The smallest absolute Gasteiger partial charge is 0.0797 e. The van der Waals surface area contributed by atoms with Crippen molar-refractivity contribution >= 4 is 11.3 Å². The van der Waals surface area contributed by atoms with E-state index in [0.29, 0.717) is 5.92 Å². The third-order valence-electron chi connectivity index (χ3n) is 3.14. The molecule has 2 aromatic rings. The Labute approximate surface area is 119 Å². The minimum absolute atomic E-state index is 0.705. The number of aryl methyl sites for hydroxylation is 3. The molecule has 3 nitrogen and oxygen atoms in total. The number of hydrogen-bond acceptors (Lipinski definition) is 3. The highest BCUT2D eigenvalue weighted by Crippen LogP contribution is 2.14. The van der Waals surface area contributed by atoms with Crippen LogP contribution >= 0.6 is 11.3 Å². The van der Waals surface area contributed by atoms with Gasteiger partial charge in [-0.3, -0.25) is 0 Å². The molecule has 0 atom stereocenters. The fourth-order valence-corrected chi connectivity index (χ4v) is 2.81. The fourth-order valence-electron chi connectivity index (χ4n) is 2.04. The fraction of sp³-hybridized carbons (Fsp3) is 0.533. The maximum atomic E-state index is 4.29. The van der Waals surface area contributed by atoms with E-state index in [-0.39, 0.29) is 0 Å². The molecular formula is C15H23N3S. The summed E-state index contributed by atoms with van der Waals surface area (Å²) in [5.41, 5.74) is 4.47. The first-order valence-electron chi connectivity index (χ1n) is 6.89. The maximum Gasteiger partial charge on any atom is 0.0797 e. The summed E-state index contributed by atoms with van der Waals surface area (Å²) in [6.07, 6.45) is 5.48. The number of thiazole rings is 1. The average molecular weight is 277 g/mol. The quantitative estimate of drug-likeness (QED) is 0.842. The van der Waals surface area contributed by atoms with Crippen molar-refractivity contribution in [2.24, 2.45) is 5.92 Å². The molecule has 0 aromatic carbocycles. The summed E-state index contributed by atoms with van der Waals surface area (Å²) in [6, 6.07) is 2.20. The molecule has 2 heterocycles. The average Bonchev–Trinajstić information content (AvgIpc) is 2.95. The van der Waals surface area contributed by atoms with E-state index in [2.05, 4.69) is 54.1 Å². The molecule has 2 rings (SSSR count). The van der Waals surface area contributed by atoms with Crippen molar-refractivity contribution < 1.29 is 0 Å². The highest BCUT2D eigenvalue weighted by Gasteiger charge is 2.02. The first-order valence-corrected chi connectivity index (χ1v) is 7.77. The van der Waals surface area contributed by atoms with Crippen LogP contribution in [0.2, 0.25) is 0 Å². The molecule has 0 amide bonds. The lowest BCUT2D eigenvalue weighted by molar-refractivity contribution is 0.552. The molecule has 1 N–H and O–H groups in total. The number of nitrogens with zero attached hydrogens (tertiary/aromatic N) is 2. The molecule has 19 heavy (non-hydrogen) atoms. The summed E-state index contributed by atoms with van der Waals surface area (Å²) in [5.74, 6) is 0.705. The Bertz CT molecular complexity index is 499. The minimum atomic E-state index is 0.705. The summed E-state index contributed by atoms with van der Waals surface area (Å²) in [5, 5.41) is 3.47. The van der Waals surface area contributed by atoms with Crippen molar-refractivity contribution in [1.82, 2.24) is 14.9 Å². The van der Waals surface area contributed by atoms with Gasteiger partial charge in [0.2, 0.25) is 0 Å². The van der Waals surface area contributed by atoms with Crippen LogP contribution in [0.15, 0.2) is 24.0 Å². The molecule has 0 fully saturated rings. The van der Waals surface area contributed by atoms with Crippen LogP contribution in [-0.4, -0.2) is 16.1 Å². The number of rotatable bonds is 7. The zero-order valence-corrected chi connectivity index (χ0v) is 12.8. The van der Waals surface area contributed by atoms with E-state index in [9.17, 15) is 0 Å². The number of hydrogen-bond donors (Lipinski definition) is 1. The van der Waals surface area contributed by atoms with Crippen LogP contribution in [0.4, 0.5) is 0 Å². The zero-order chi connectivity index (χ0) is 13.7. The van der Waals surface area contributed by atoms with Crippen LogP contribution in [0.3, 0.4) is 0 Å². The monoisotopic (exact) mass is 277 g/mol. The Kier molecular flexibility index (Phi) is 5.16. The van der Waals surface area contributed by atoms with Gasteiger partial charge in [-0.2, -0.15) is 0 Å². The second kappa shape index (κ2) is 6.87. The molecule has 0 saturated heterocycles. The molecular weight excluding hydrogens is 254 g/mol. The van der Waals surface area contributed by atoms with Crippen molar-refractivity contribution in [2.45, 2.75) is 40.3 Å². The van der Waals surface area contributed by atoms with Gasteiger partial charge in [-0.1, -0.05) is 13.8 Å². The molecule has 0 unspecified atom stereocenters. The van der Waals surface area contributed by atoms with E-state index in [0.717, 1.165) is 26.1 Å². The van der Waals surface area contributed by atoms with Gasteiger partial charge in [0.05, 0.1) is 11.2 Å². The van der Waals surface area contributed by atoms with Crippen LogP contribution in [-0.2, 0) is 19.5 Å². The SMILES string of the molecule is Cc1ncsc1CCn1ccc(CNCC(C)C)c1. The van der Waals surface area contributed by atoms with E-state index >= 15 is 0 Å². The molecule has 0 aliphatic heterocycles. The summed E-state index contributed by atoms with van der Waals surface area (Å²) in [6.45, 7) is 9.62. The Morgan fingerprint density at radius 3 is 2.95 bits per heavy atom. The highest BCUT2D eigenvalue weighted by atomic mass is 32.1. The molecule has 0 saturated carbocycles. The topological polar surface area (TPSA) is 29.9 Å². The molecule has 4 heteroatoms. The van der Waals surface area contributed by atoms with E-state index in [1.807, 2.05) is 5.51 Å². The highest BCUT2D eigenvalue weighted by molar-refractivity contribution is 7.09. The lowest BCUT2D eigenvalue weighted by Gasteiger charge is -2.05. The predicted molar refractivity (Wildman–Crippen MR) is 81.5 cm³/mol. The Balaban J connectivity index is 1.79. The minimum Gasteiger partial charge on any atom is -0.354 e. The molecule has 0 aliphatic rings. The van der Waals surface area contributed by atoms with Crippen molar-refractivity contribution in [3.05, 3.63) is 40.1 Å². The normalized spacial score (nSPS) is 11.4. The van der Waals surface area contributed by atoms with Crippen LogP contribution < -0.4 is 5.32 Å². The number of nitrogens with one attached hydrogen (secondary N) is 1. The van der Waals surface area contributed by atoms with Crippen LogP contribution in [0, 0.1) is 12.8 Å². The Hall–Kier alpha value is -1.13. The molecule has 0 spiro atoms. The van der Waals surface area contributed by atoms with Crippen molar-refractivity contribution in [2.75, 3.05) is 6.54 Å². The van der Waals surface area contributed by atoms with Crippen molar-refractivity contribution in [3.8, 4) is 0 Å².